The Balaban J connectivity index is 5.01. The molecule has 0 aromatic heterocycles. The van der Waals surface area contributed by atoms with Crippen LogP contribution in [0.15, 0.2) is 36.0 Å². The van der Waals surface area contributed by atoms with E-state index < -0.39 is 0 Å². The van der Waals surface area contributed by atoms with Gasteiger partial charge in [-0.15, -0.1) is 0 Å². The largest absolute Gasteiger partial charge is 0.329 e. The Kier molecular flexibility index (Phi) is 11.2. The van der Waals surface area contributed by atoms with Crippen LogP contribution in [0.5, 0.6) is 0 Å². The zero-order valence-corrected chi connectivity index (χ0v) is 16.6. The van der Waals surface area contributed by atoms with E-state index in [9.17, 15) is 0 Å². The minimum atomic E-state index is 0.464. The lowest BCUT2D eigenvalue weighted by molar-refractivity contribution is 0.360. The SMILES string of the molecule is C=C(/C(=C\C)C(C)CC)C(C)C(/C=C\CN(C)CCN)C(C)C. The molecule has 2 N–H and O–H groups in total. The smallest absolute Gasteiger partial charge is 0.0160 e. The van der Waals surface area contributed by atoms with Crippen LogP contribution in [-0.2, 0) is 0 Å². The van der Waals surface area contributed by atoms with Crippen LogP contribution in [0.2, 0.25) is 0 Å². The summed E-state index contributed by atoms with van der Waals surface area (Å²) in [4.78, 5) is 2.25. The molecule has 3 atom stereocenters. The van der Waals surface area contributed by atoms with Crippen molar-refractivity contribution in [2.75, 3.05) is 26.7 Å². The summed E-state index contributed by atoms with van der Waals surface area (Å²) in [6.07, 6.45) is 8.10. The molecule has 3 unspecified atom stereocenters. The predicted molar refractivity (Wildman–Crippen MR) is 106 cm³/mol. The molecule has 23 heavy (non-hydrogen) atoms. The van der Waals surface area contributed by atoms with Gasteiger partial charge in [0.15, 0.2) is 0 Å². The average Bonchev–Trinajstić information content (AvgIpc) is 2.51. The second-order valence-electron chi connectivity index (χ2n) is 7.17. The molecule has 134 valence electrons. The molecular formula is C21H40N2. The Morgan fingerprint density at radius 3 is 2.26 bits per heavy atom. The van der Waals surface area contributed by atoms with E-state index in [4.69, 9.17) is 5.73 Å². The van der Waals surface area contributed by atoms with Gasteiger partial charge in [0.05, 0.1) is 0 Å². The lowest BCUT2D eigenvalue weighted by atomic mass is 9.75. The third kappa shape index (κ3) is 7.50. The van der Waals surface area contributed by atoms with Gasteiger partial charge in [-0.1, -0.05) is 59.4 Å². The number of likely N-dealkylation sites (N-methyl/N-ethyl adjacent to an activating group) is 1. The van der Waals surface area contributed by atoms with Gasteiger partial charge >= 0.3 is 0 Å². The fraction of sp³-hybridized carbons (Fsp3) is 0.714. The van der Waals surface area contributed by atoms with Crippen molar-refractivity contribution in [1.29, 1.82) is 0 Å². The summed E-state index contributed by atoms with van der Waals surface area (Å²) in [7, 11) is 2.12. The maximum Gasteiger partial charge on any atom is 0.0160 e. The molecule has 0 saturated heterocycles. The summed E-state index contributed by atoms with van der Waals surface area (Å²) in [5, 5.41) is 0. The molecule has 0 amide bonds. The Morgan fingerprint density at radius 1 is 1.22 bits per heavy atom. The van der Waals surface area contributed by atoms with E-state index in [2.05, 4.69) is 78.3 Å². The van der Waals surface area contributed by atoms with Crippen molar-refractivity contribution in [3.05, 3.63) is 36.0 Å². The van der Waals surface area contributed by atoms with Crippen LogP contribution in [0.3, 0.4) is 0 Å². The van der Waals surface area contributed by atoms with Gasteiger partial charge in [-0.25, -0.2) is 0 Å². The van der Waals surface area contributed by atoms with Gasteiger partial charge in [-0.3, -0.25) is 0 Å². The van der Waals surface area contributed by atoms with Crippen LogP contribution in [-0.4, -0.2) is 31.6 Å². The molecule has 0 heterocycles. The predicted octanol–water partition coefficient (Wildman–Crippen LogP) is 4.89. The van der Waals surface area contributed by atoms with Crippen LogP contribution in [0, 0.1) is 23.7 Å². The van der Waals surface area contributed by atoms with Crippen molar-refractivity contribution >= 4 is 0 Å². The zero-order chi connectivity index (χ0) is 18.0. The highest BCUT2D eigenvalue weighted by Gasteiger charge is 2.23. The Morgan fingerprint density at radius 2 is 1.83 bits per heavy atom. The van der Waals surface area contributed by atoms with E-state index in [1.54, 1.807) is 0 Å². The minimum absolute atomic E-state index is 0.464. The second-order valence-corrected chi connectivity index (χ2v) is 7.17. The van der Waals surface area contributed by atoms with Gasteiger partial charge in [0.1, 0.15) is 0 Å². The monoisotopic (exact) mass is 320 g/mol. The van der Waals surface area contributed by atoms with E-state index in [0.717, 1.165) is 19.5 Å². The maximum atomic E-state index is 5.60. The van der Waals surface area contributed by atoms with Gasteiger partial charge in [-0.2, -0.15) is 0 Å². The van der Waals surface area contributed by atoms with Crippen LogP contribution >= 0.6 is 0 Å². The molecule has 0 bridgehead atoms. The first kappa shape index (κ1) is 22.1. The van der Waals surface area contributed by atoms with Crippen LogP contribution in [0.25, 0.3) is 0 Å². The summed E-state index contributed by atoms with van der Waals surface area (Å²) >= 11 is 0. The highest BCUT2D eigenvalue weighted by atomic mass is 15.1. The van der Waals surface area contributed by atoms with Crippen molar-refractivity contribution in [1.82, 2.24) is 4.90 Å². The number of nitrogens with two attached hydrogens (primary N) is 1. The maximum absolute atomic E-state index is 5.60. The number of nitrogens with zero attached hydrogens (tertiary/aromatic N) is 1. The van der Waals surface area contributed by atoms with E-state index in [0.29, 0.717) is 30.2 Å². The second kappa shape index (κ2) is 11.6. The van der Waals surface area contributed by atoms with Crippen molar-refractivity contribution in [3.63, 3.8) is 0 Å². The number of rotatable bonds is 11. The van der Waals surface area contributed by atoms with Crippen LogP contribution < -0.4 is 5.73 Å². The molecule has 0 fully saturated rings. The molecule has 0 radical (unpaired) electrons. The van der Waals surface area contributed by atoms with E-state index in [1.807, 2.05) is 0 Å². The fourth-order valence-electron chi connectivity index (χ4n) is 3.18. The molecule has 0 aromatic rings. The Labute approximate surface area is 145 Å². The lowest BCUT2D eigenvalue weighted by Crippen LogP contribution is -2.26. The van der Waals surface area contributed by atoms with Crippen LogP contribution in [0.4, 0.5) is 0 Å². The Bertz CT molecular complexity index is 393. The molecule has 2 nitrogen and oxygen atoms in total. The van der Waals surface area contributed by atoms with E-state index in [-0.39, 0.29) is 0 Å². The summed E-state index contributed by atoms with van der Waals surface area (Å²) in [5.74, 6) is 2.18. The zero-order valence-electron chi connectivity index (χ0n) is 16.6. The molecule has 0 aliphatic rings. The van der Waals surface area contributed by atoms with Gasteiger partial charge in [0.2, 0.25) is 0 Å². The van der Waals surface area contributed by atoms with Crippen molar-refractivity contribution in [2.24, 2.45) is 29.4 Å². The number of hydrogen-bond acceptors (Lipinski definition) is 2. The van der Waals surface area contributed by atoms with Crippen LogP contribution in [0.1, 0.15) is 48.0 Å². The molecule has 2 heteroatoms. The van der Waals surface area contributed by atoms with E-state index in [1.165, 1.54) is 11.1 Å². The molecule has 0 spiro atoms. The summed E-state index contributed by atoms with van der Waals surface area (Å²) in [6, 6.07) is 0. The molecule has 0 aliphatic heterocycles. The number of allylic oxidation sites excluding steroid dienone is 4. The third-order valence-corrected chi connectivity index (χ3v) is 5.01. The molecular weight excluding hydrogens is 280 g/mol. The van der Waals surface area contributed by atoms with Crippen molar-refractivity contribution in [3.8, 4) is 0 Å². The van der Waals surface area contributed by atoms with Crippen molar-refractivity contribution in [2.45, 2.75) is 48.0 Å². The average molecular weight is 321 g/mol. The quantitative estimate of drug-likeness (QED) is 0.434. The van der Waals surface area contributed by atoms with Gasteiger partial charge < -0.3 is 10.6 Å². The van der Waals surface area contributed by atoms with Crippen molar-refractivity contribution < 1.29 is 0 Å². The minimum Gasteiger partial charge on any atom is -0.329 e. The number of hydrogen-bond donors (Lipinski definition) is 1. The van der Waals surface area contributed by atoms with Gasteiger partial charge in [0.25, 0.3) is 0 Å². The Hall–Kier alpha value is -0.860. The van der Waals surface area contributed by atoms with Gasteiger partial charge in [0, 0.05) is 19.6 Å². The summed E-state index contributed by atoms with van der Waals surface area (Å²) in [5.41, 5.74) is 8.34. The third-order valence-electron chi connectivity index (χ3n) is 5.01. The first-order valence-corrected chi connectivity index (χ1v) is 9.20. The standard InChI is InChI=1S/C21H40N2/c1-9-17(5)20(10-2)18(6)19(7)21(16(3)4)12-11-14-23(8)15-13-22/h10-12,16-17,19,21H,6,9,13-15,22H2,1-5,7-8H3/b12-11-,20-10-. The highest BCUT2D eigenvalue weighted by molar-refractivity contribution is 5.32. The molecule has 0 aliphatic carbocycles. The van der Waals surface area contributed by atoms with Gasteiger partial charge in [-0.05, 0) is 55.2 Å². The van der Waals surface area contributed by atoms with E-state index >= 15 is 0 Å². The lowest BCUT2D eigenvalue weighted by Gasteiger charge is -2.30. The first-order chi connectivity index (χ1) is 10.8. The summed E-state index contributed by atoms with van der Waals surface area (Å²) in [6.45, 7) is 20.7. The highest BCUT2D eigenvalue weighted by Crippen LogP contribution is 2.34. The molecule has 0 rings (SSSR count). The normalized spacial score (nSPS) is 17.0. The summed E-state index contributed by atoms with van der Waals surface area (Å²) < 4.78 is 0. The first-order valence-electron chi connectivity index (χ1n) is 9.20. The fourth-order valence-corrected chi connectivity index (χ4v) is 3.18. The molecule has 0 saturated carbocycles. The topological polar surface area (TPSA) is 29.3 Å². The molecule has 0 aromatic carbocycles.